The molecule has 1 aliphatic carbocycles. The van der Waals surface area contributed by atoms with Gasteiger partial charge in [-0.15, -0.1) is 0 Å². The second-order valence-electron chi connectivity index (χ2n) is 8.06. The lowest BCUT2D eigenvalue weighted by Gasteiger charge is -2.27. The molecule has 31 heavy (non-hydrogen) atoms. The molecule has 1 amide bonds. The molecule has 2 aromatic heterocycles. The van der Waals surface area contributed by atoms with E-state index in [0.29, 0.717) is 12.3 Å². The Morgan fingerprint density at radius 3 is 2.84 bits per heavy atom. The van der Waals surface area contributed by atoms with Gasteiger partial charge < -0.3 is 24.1 Å². The highest BCUT2D eigenvalue weighted by Gasteiger charge is 2.18. The first-order valence-electron chi connectivity index (χ1n) is 11.0. The van der Waals surface area contributed by atoms with Crippen LogP contribution < -0.4 is 15.0 Å². The van der Waals surface area contributed by atoms with Crippen molar-refractivity contribution in [2.24, 2.45) is 0 Å². The van der Waals surface area contributed by atoms with E-state index in [-0.39, 0.29) is 12.5 Å². The van der Waals surface area contributed by atoms with Gasteiger partial charge in [-0.3, -0.25) is 4.79 Å². The fourth-order valence-corrected chi connectivity index (χ4v) is 4.23. The first-order valence-corrected chi connectivity index (χ1v) is 11.0. The van der Waals surface area contributed by atoms with Gasteiger partial charge in [0.2, 0.25) is 0 Å². The zero-order valence-corrected chi connectivity index (χ0v) is 17.6. The van der Waals surface area contributed by atoms with Crippen molar-refractivity contribution >= 4 is 22.7 Å². The number of hydrogen-bond donors (Lipinski definition) is 1. The van der Waals surface area contributed by atoms with E-state index in [2.05, 4.69) is 15.2 Å². The maximum absolute atomic E-state index is 12.3. The van der Waals surface area contributed by atoms with Gasteiger partial charge in [0.05, 0.1) is 13.2 Å². The van der Waals surface area contributed by atoms with Gasteiger partial charge in [0.25, 0.3) is 5.91 Å². The van der Waals surface area contributed by atoms with Crippen molar-refractivity contribution in [3.05, 3.63) is 53.4 Å². The molecule has 2 aliphatic rings. The van der Waals surface area contributed by atoms with Gasteiger partial charge in [0, 0.05) is 43.2 Å². The number of furan rings is 1. The number of nitrogens with zero attached hydrogens (tertiary/aromatic N) is 2. The molecule has 162 valence electrons. The van der Waals surface area contributed by atoms with Crippen molar-refractivity contribution in [1.82, 2.24) is 10.3 Å². The number of aromatic nitrogens is 1. The molecule has 0 radical (unpaired) electrons. The predicted octanol–water partition coefficient (Wildman–Crippen LogP) is 3.24. The van der Waals surface area contributed by atoms with Crippen LogP contribution in [0.2, 0.25) is 0 Å². The number of carbonyl (C=O) groups is 1. The van der Waals surface area contributed by atoms with Crippen LogP contribution in [-0.2, 0) is 28.9 Å². The lowest BCUT2D eigenvalue weighted by molar-refractivity contribution is -0.123. The van der Waals surface area contributed by atoms with Crippen LogP contribution in [-0.4, -0.2) is 43.8 Å². The lowest BCUT2D eigenvalue weighted by Crippen LogP contribution is -2.36. The molecule has 5 rings (SSSR count). The molecule has 3 aromatic rings. The molecule has 7 nitrogen and oxygen atoms in total. The van der Waals surface area contributed by atoms with Gasteiger partial charge in [-0.05, 0) is 49.1 Å². The molecule has 0 spiro atoms. The van der Waals surface area contributed by atoms with Gasteiger partial charge in [-0.2, -0.15) is 0 Å². The van der Waals surface area contributed by atoms with Crippen molar-refractivity contribution < 1.29 is 18.7 Å². The van der Waals surface area contributed by atoms with Gasteiger partial charge >= 0.3 is 0 Å². The Bertz CT molecular complexity index is 1050. The summed E-state index contributed by atoms with van der Waals surface area (Å²) in [5.41, 5.74) is 3.15. The monoisotopic (exact) mass is 421 g/mol. The largest absolute Gasteiger partial charge is 0.484 e. The molecule has 1 aliphatic heterocycles. The minimum absolute atomic E-state index is 0.0230. The average Bonchev–Trinajstić information content (AvgIpc) is 3.20. The number of aryl methyl sites for hydroxylation is 2. The highest BCUT2D eigenvalue weighted by atomic mass is 16.5. The number of morpholine rings is 1. The molecular formula is C24H27N3O4. The van der Waals surface area contributed by atoms with Crippen molar-refractivity contribution in [3.8, 4) is 5.75 Å². The normalized spacial score (nSPS) is 16.2. The van der Waals surface area contributed by atoms with Crippen molar-refractivity contribution in [2.45, 2.75) is 32.2 Å². The van der Waals surface area contributed by atoms with E-state index in [1.54, 1.807) is 0 Å². The zero-order chi connectivity index (χ0) is 21.0. The SMILES string of the molecule is O=C(COc1ccc2oc3c(c2c1)CCCC3)NCc1ccc(N2CCOCC2)nc1. The van der Waals surface area contributed by atoms with E-state index in [0.717, 1.165) is 67.3 Å². The molecule has 0 saturated carbocycles. The zero-order valence-electron chi connectivity index (χ0n) is 17.6. The summed E-state index contributed by atoms with van der Waals surface area (Å²) in [6.45, 7) is 3.57. The molecule has 7 heteroatoms. The molecule has 0 bridgehead atoms. The Morgan fingerprint density at radius 1 is 1.13 bits per heavy atom. The van der Waals surface area contributed by atoms with Crippen LogP contribution in [0.1, 0.15) is 29.7 Å². The summed E-state index contributed by atoms with van der Waals surface area (Å²) in [7, 11) is 0. The van der Waals surface area contributed by atoms with Crippen LogP contribution in [0.3, 0.4) is 0 Å². The third-order valence-electron chi connectivity index (χ3n) is 5.93. The lowest BCUT2D eigenvalue weighted by atomic mass is 9.96. The summed E-state index contributed by atoms with van der Waals surface area (Å²) in [5, 5.41) is 4.00. The van der Waals surface area contributed by atoms with Gasteiger partial charge in [0.1, 0.15) is 22.9 Å². The van der Waals surface area contributed by atoms with E-state index in [9.17, 15) is 4.79 Å². The van der Waals surface area contributed by atoms with Gasteiger partial charge in [-0.25, -0.2) is 4.98 Å². The number of anilines is 1. The average molecular weight is 421 g/mol. The molecule has 1 N–H and O–H groups in total. The second kappa shape index (κ2) is 8.98. The molecular weight excluding hydrogens is 394 g/mol. The van der Waals surface area contributed by atoms with Crippen LogP contribution in [0.25, 0.3) is 11.0 Å². The number of nitrogens with one attached hydrogen (secondary N) is 1. The van der Waals surface area contributed by atoms with E-state index >= 15 is 0 Å². The Kier molecular flexibility index (Phi) is 5.76. The Morgan fingerprint density at radius 2 is 2.00 bits per heavy atom. The van der Waals surface area contributed by atoms with Gasteiger partial charge in [0.15, 0.2) is 6.61 Å². The number of fused-ring (bicyclic) bond motifs is 3. The van der Waals surface area contributed by atoms with E-state index in [1.165, 1.54) is 18.4 Å². The van der Waals surface area contributed by atoms with E-state index in [4.69, 9.17) is 13.9 Å². The first-order chi connectivity index (χ1) is 15.3. The number of carbonyl (C=O) groups excluding carboxylic acids is 1. The highest BCUT2D eigenvalue weighted by molar-refractivity contribution is 5.84. The molecule has 0 atom stereocenters. The number of ether oxygens (including phenoxy) is 2. The van der Waals surface area contributed by atoms with Crippen LogP contribution in [0.4, 0.5) is 5.82 Å². The van der Waals surface area contributed by atoms with Crippen LogP contribution >= 0.6 is 0 Å². The predicted molar refractivity (Wildman–Crippen MR) is 117 cm³/mol. The Labute approximate surface area is 181 Å². The molecule has 3 heterocycles. The summed E-state index contributed by atoms with van der Waals surface area (Å²) < 4.78 is 17.1. The molecule has 1 aromatic carbocycles. The van der Waals surface area contributed by atoms with Crippen molar-refractivity contribution in [2.75, 3.05) is 37.8 Å². The number of pyridine rings is 1. The summed E-state index contributed by atoms with van der Waals surface area (Å²) in [6.07, 6.45) is 6.23. The summed E-state index contributed by atoms with van der Waals surface area (Å²) in [4.78, 5) is 19.0. The van der Waals surface area contributed by atoms with Crippen LogP contribution in [0.15, 0.2) is 40.9 Å². The fraction of sp³-hybridized carbons (Fsp3) is 0.417. The third-order valence-corrected chi connectivity index (χ3v) is 5.93. The highest BCUT2D eigenvalue weighted by Crippen LogP contribution is 2.33. The molecule has 0 unspecified atom stereocenters. The first kappa shape index (κ1) is 19.9. The number of benzene rings is 1. The maximum atomic E-state index is 12.3. The summed E-state index contributed by atoms with van der Waals surface area (Å²) in [6, 6.07) is 9.77. The van der Waals surface area contributed by atoms with Gasteiger partial charge in [-0.1, -0.05) is 6.07 Å². The Hall–Kier alpha value is -3.06. The number of rotatable bonds is 6. The summed E-state index contributed by atoms with van der Waals surface area (Å²) in [5.74, 6) is 2.57. The van der Waals surface area contributed by atoms with E-state index in [1.807, 2.05) is 36.5 Å². The smallest absolute Gasteiger partial charge is 0.258 e. The second-order valence-corrected chi connectivity index (χ2v) is 8.06. The molecule has 1 fully saturated rings. The topological polar surface area (TPSA) is 76.8 Å². The number of amides is 1. The minimum Gasteiger partial charge on any atom is -0.484 e. The Balaban J connectivity index is 1.13. The standard InChI is InChI=1S/C24H27N3O4/c28-24(26-15-17-5-8-23(25-14-17)27-9-11-29-12-10-27)16-30-18-6-7-22-20(13-18)19-3-1-2-4-21(19)31-22/h5-8,13-14H,1-4,9-12,15-16H2,(H,26,28). The van der Waals surface area contributed by atoms with Crippen LogP contribution in [0.5, 0.6) is 5.75 Å². The quantitative estimate of drug-likeness (QED) is 0.659. The fourth-order valence-electron chi connectivity index (χ4n) is 4.23. The minimum atomic E-state index is -0.161. The van der Waals surface area contributed by atoms with Crippen LogP contribution in [0, 0.1) is 0 Å². The number of hydrogen-bond acceptors (Lipinski definition) is 6. The van der Waals surface area contributed by atoms with Crippen molar-refractivity contribution in [3.63, 3.8) is 0 Å². The third kappa shape index (κ3) is 4.51. The van der Waals surface area contributed by atoms with E-state index < -0.39 is 0 Å². The van der Waals surface area contributed by atoms with Crippen molar-refractivity contribution in [1.29, 1.82) is 0 Å². The maximum Gasteiger partial charge on any atom is 0.258 e. The molecule has 1 saturated heterocycles. The summed E-state index contributed by atoms with van der Waals surface area (Å²) >= 11 is 0.